The average molecular weight is 867 g/mol. The lowest BCUT2D eigenvalue weighted by Crippen LogP contribution is -2.45. The van der Waals surface area contributed by atoms with E-state index in [0.717, 1.165) is 90.6 Å². The number of nitrogens with zero attached hydrogens (tertiary/aromatic N) is 6. The standard InChI is InChI=1S/C47H62N8O8/c1-5-30(2)41(47(60)61)51-44(57)37-24-33(26-39(50-37)46(59)55-22-12-15-35(55)29-53-19-8-9-20-53)32-23-36(43(56)48-27-31-13-10-16-40(62-3)42(31)63-4)49-38(25-32)45(58)54-21-11-14-34(54)28-52-17-6-7-18-52/h10,13,16,23-26,30,34-35,41H,5-9,11-12,14-15,17-22,27-29H2,1-4H3,(H,48,56)(H,51,57)(H,60,61). The molecular formula is C47H62N8O8. The number of carboxylic acid groups (broad SMARTS) is 1. The summed E-state index contributed by atoms with van der Waals surface area (Å²) in [5.74, 6) is -2.58. The van der Waals surface area contributed by atoms with Crippen LogP contribution in [0.1, 0.15) is 119 Å². The average Bonchev–Trinajstić information content (AvgIpc) is 4.16. The van der Waals surface area contributed by atoms with E-state index < -0.39 is 29.7 Å². The van der Waals surface area contributed by atoms with Crippen molar-refractivity contribution in [2.24, 2.45) is 5.92 Å². The molecule has 4 saturated heterocycles. The maximum Gasteiger partial charge on any atom is 0.326 e. The molecule has 4 atom stereocenters. The quantitative estimate of drug-likeness (QED) is 0.170. The van der Waals surface area contributed by atoms with Gasteiger partial charge in [-0.1, -0.05) is 32.4 Å². The van der Waals surface area contributed by atoms with Gasteiger partial charge < -0.3 is 44.8 Å². The van der Waals surface area contributed by atoms with Gasteiger partial charge in [0.15, 0.2) is 11.5 Å². The van der Waals surface area contributed by atoms with Crippen LogP contribution in [0.4, 0.5) is 0 Å². The highest BCUT2D eigenvalue weighted by Gasteiger charge is 2.35. The number of carboxylic acids is 1. The third-order valence-electron chi connectivity index (χ3n) is 13.2. The van der Waals surface area contributed by atoms with Crippen LogP contribution in [0.3, 0.4) is 0 Å². The van der Waals surface area contributed by atoms with Crippen molar-refractivity contribution in [3.8, 4) is 22.6 Å². The first-order valence-electron chi connectivity index (χ1n) is 22.6. The van der Waals surface area contributed by atoms with E-state index in [1.54, 1.807) is 31.2 Å². The lowest BCUT2D eigenvalue weighted by Gasteiger charge is -2.29. The van der Waals surface area contributed by atoms with Gasteiger partial charge in [0.25, 0.3) is 23.6 Å². The fourth-order valence-corrected chi connectivity index (χ4v) is 9.51. The number of likely N-dealkylation sites (tertiary alicyclic amines) is 4. The number of para-hydroxylation sites is 1. The van der Waals surface area contributed by atoms with Crippen LogP contribution in [-0.4, -0.2) is 149 Å². The molecule has 0 spiro atoms. The molecule has 3 N–H and O–H groups in total. The van der Waals surface area contributed by atoms with Gasteiger partial charge in [-0.25, -0.2) is 14.8 Å². The van der Waals surface area contributed by atoms with Crippen LogP contribution in [0.25, 0.3) is 11.1 Å². The number of carbonyl (C=O) groups is 5. The van der Waals surface area contributed by atoms with Crippen molar-refractivity contribution in [2.45, 2.75) is 96.3 Å². The molecule has 3 aromatic rings. The second-order valence-electron chi connectivity index (χ2n) is 17.4. The summed E-state index contributed by atoms with van der Waals surface area (Å²) in [6.07, 6.45) is 8.39. The number of aliphatic carboxylic acids is 1. The fraction of sp³-hybridized carbons (Fsp3) is 0.553. The van der Waals surface area contributed by atoms with E-state index in [2.05, 4.69) is 30.4 Å². The number of hydrogen-bond acceptors (Lipinski definition) is 11. The van der Waals surface area contributed by atoms with Crippen LogP contribution in [0.2, 0.25) is 0 Å². The third kappa shape index (κ3) is 10.6. The minimum absolute atomic E-state index is 0.00687. The number of rotatable bonds is 17. The van der Waals surface area contributed by atoms with Crippen molar-refractivity contribution in [1.82, 2.24) is 40.2 Å². The van der Waals surface area contributed by atoms with E-state index in [9.17, 15) is 29.1 Å². The molecular weight excluding hydrogens is 805 g/mol. The number of aromatic nitrogens is 2. The zero-order valence-electron chi connectivity index (χ0n) is 37.1. The summed E-state index contributed by atoms with van der Waals surface area (Å²) in [5.41, 5.74) is 1.22. The smallest absolute Gasteiger partial charge is 0.326 e. The number of carbonyl (C=O) groups excluding carboxylic acids is 4. The Morgan fingerprint density at radius 2 is 1.22 bits per heavy atom. The second-order valence-corrected chi connectivity index (χ2v) is 17.4. The number of hydrogen-bond donors (Lipinski definition) is 3. The highest BCUT2D eigenvalue weighted by atomic mass is 16.5. The molecule has 2 aromatic heterocycles. The van der Waals surface area contributed by atoms with Crippen molar-refractivity contribution < 1.29 is 38.6 Å². The first-order valence-corrected chi connectivity index (χ1v) is 22.6. The minimum atomic E-state index is -1.20. The Morgan fingerprint density at radius 1 is 0.714 bits per heavy atom. The zero-order chi connectivity index (χ0) is 44.6. The Balaban J connectivity index is 1.28. The Labute approximate surface area is 369 Å². The molecule has 4 amide bonds. The monoisotopic (exact) mass is 866 g/mol. The summed E-state index contributed by atoms with van der Waals surface area (Å²) in [6, 6.07) is 10.3. The molecule has 63 heavy (non-hydrogen) atoms. The Kier molecular flexibility index (Phi) is 14.9. The lowest BCUT2D eigenvalue weighted by molar-refractivity contribution is -0.140. The van der Waals surface area contributed by atoms with Gasteiger partial charge in [-0.2, -0.15) is 0 Å². The molecule has 0 saturated carbocycles. The summed E-state index contributed by atoms with van der Waals surface area (Å²) in [6.45, 7) is 10.2. The molecule has 4 aliphatic heterocycles. The molecule has 338 valence electrons. The molecule has 4 fully saturated rings. The summed E-state index contributed by atoms with van der Waals surface area (Å²) in [4.78, 5) is 87.4. The molecule has 0 bridgehead atoms. The highest BCUT2D eigenvalue weighted by Crippen LogP contribution is 2.32. The van der Waals surface area contributed by atoms with Gasteiger partial charge in [0.2, 0.25) is 0 Å². The van der Waals surface area contributed by atoms with Gasteiger partial charge in [0, 0.05) is 50.4 Å². The van der Waals surface area contributed by atoms with E-state index in [1.165, 1.54) is 26.4 Å². The number of methoxy groups -OCH3 is 2. The van der Waals surface area contributed by atoms with E-state index in [-0.39, 0.29) is 53.2 Å². The molecule has 16 heteroatoms. The SMILES string of the molecule is CCC(C)C(NC(=O)c1cc(-c2cc(C(=O)NCc3cccc(OC)c3OC)nc(C(=O)N3CCCC3CN3CCCC3)c2)cc(C(=O)N2CCCC2CN2CCCC2)n1)C(=O)O. The molecule has 4 unspecified atom stereocenters. The topological polar surface area (TPSA) is 187 Å². The largest absolute Gasteiger partial charge is 0.493 e. The molecule has 7 rings (SSSR count). The lowest BCUT2D eigenvalue weighted by atomic mass is 9.98. The Bertz CT molecular complexity index is 2150. The highest BCUT2D eigenvalue weighted by molar-refractivity contribution is 6.01. The van der Waals surface area contributed by atoms with E-state index in [4.69, 9.17) is 9.47 Å². The van der Waals surface area contributed by atoms with Crippen molar-refractivity contribution in [3.05, 3.63) is 70.8 Å². The minimum Gasteiger partial charge on any atom is -0.493 e. The maximum atomic E-state index is 14.6. The van der Waals surface area contributed by atoms with Gasteiger partial charge in [0.05, 0.1) is 14.2 Å². The Hall–Kier alpha value is -5.61. The van der Waals surface area contributed by atoms with E-state index in [1.807, 2.05) is 22.8 Å². The summed E-state index contributed by atoms with van der Waals surface area (Å²) in [7, 11) is 3.05. The van der Waals surface area contributed by atoms with Gasteiger partial charge in [-0.15, -0.1) is 0 Å². The van der Waals surface area contributed by atoms with Crippen LogP contribution in [0.5, 0.6) is 11.5 Å². The van der Waals surface area contributed by atoms with Crippen molar-refractivity contribution in [2.75, 3.05) is 66.6 Å². The van der Waals surface area contributed by atoms with Crippen LogP contribution in [0.15, 0.2) is 42.5 Å². The van der Waals surface area contributed by atoms with Crippen molar-refractivity contribution >= 4 is 29.6 Å². The number of ether oxygens (including phenoxy) is 2. The van der Waals surface area contributed by atoms with Crippen LogP contribution < -0.4 is 20.1 Å². The van der Waals surface area contributed by atoms with Gasteiger partial charge in [-0.05, 0) is 125 Å². The number of pyridine rings is 2. The van der Waals surface area contributed by atoms with Gasteiger partial charge in [0.1, 0.15) is 28.8 Å². The summed E-state index contributed by atoms with van der Waals surface area (Å²) in [5, 5.41) is 15.6. The van der Waals surface area contributed by atoms with Crippen molar-refractivity contribution in [3.63, 3.8) is 0 Å². The predicted molar refractivity (Wildman–Crippen MR) is 236 cm³/mol. The maximum absolute atomic E-state index is 14.6. The number of amides is 4. The normalized spacial score (nSPS) is 20.1. The van der Waals surface area contributed by atoms with Gasteiger partial charge >= 0.3 is 5.97 Å². The molecule has 16 nitrogen and oxygen atoms in total. The molecule has 0 aliphatic carbocycles. The zero-order valence-corrected chi connectivity index (χ0v) is 37.1. The predicted octanol–water partition coefficient (Wildman–Crippen LogP) is 4.72. The second kappa shape index (κ2) is 20.7. The van der Waals surface area contributed by atoms with E-state index in [0.29, 0.717) is 47.7 Å². The van der Waals surface area contributed by atoms with Crippen LogP contribution in [0, 0.1) is 5.92 Å². The Morgan fingerprint density at radius 3 is 1.70 bits per heavy atom. The fourth-order valence-electron chi connectivity index (χ4n) is 9.51. The third-order valence-corrected chi connectivity index (χ3v) is 13.2. The molecule has 4 aliphatic rings. The first-order chi connectivity index (χ1) is 30.5. The van der Waals surface area contributed by atoms with Crippen LogP contribution >= 0.6 is 0 Å². The van der Waals surface area contributed by atoms with Gasteiger partial charge in [-0.3, -0.25) is 19.2 Å². The van der Waals surface area contributed by atoms with Crippen molar-refractivity contribution in [1.29, 1.82) is 0 Å². The summed E-state index contributed by atoms with van der Waals surface area (Å²) >= 11 is 0. The molecule has 0 radical (unpaired) electrons. The number of nitrogens with one attached hydrogen (secondary N) is 2. The molecule has 1 aromatic carbocycles. The van der Waals surface area contributed by atoms with E-state index >= 15 is 0 Å². The number of benzene rings is 1. The summed E-state index contributed by atoms with van der Waals surface area (Å²) < 4.78 is 11.0. The van der Waals surface area contributed by atoms with Crippen LogP contribution in [-0.2, 0) is 11.3 Å². The molecule has 6 heterocycles. The first kappa shape index (κ1) is 45.4.